The molecule has 7 nitrogen and oxygen atoms in total. The number of aromatic nitrogens is 4. The second kappa shape index (κ2) is 6.45. The maximum absolute atomic E-state index is 12.0. The fraction of sp³-hybridized carbons (Fsp3) is 0.429. The summed E-state index contributed by atoms with van der Waals surface area (Å²) < 4.78 is 6.53. The highest BCUT2D eigenvalue weighted by atomic mass is 16.5. The van der Waals surface area contributed by atoms with Gasteiger partial charge in [0.1, 0.15) is 5.69 Å². The van der Waals surface area contributed by atoms with Gasteiger partial charge >= 0.3 is 5.97 Å². The Labute approximate surface area is 122 Å². The first-order valence-electron chi connectivity index (χ1n) is 6.77. The quantitative estimate of drug-likeness (QED) is 0.838. The van der Waals surface area contributed by atoms with Crippen molar-refractivity contribution in [1.82, 2.24) is 20.0 Å². The molecule has 7 heteroatoms. The third-order valence-electron chi connectivity index (χ3n) is 3.18. The minimum atomic E-state index is -0.642. The van der Waals surface area contributed by atoms with Gasteiger partial charge in [0, 0.05) is 18.0 Å². The number of aliphatic hydroxyl groups excluding tert-OH is 1. The molecule has 0 radical (unpaired) electrons. The van der Waals surface area contributed by atoms with Crippen molar-refractivity contribution in [2.45, 2.75) is 32.9 Å². The molecule has 0 aromatic carbocycles. The van der Waals surface area contributed by atoms with E-state index in [0.717, 1.165) is 0 Å². The first-order chi connectivity index (χ1) is 10.1. The molecule has 0 amide bonds. The Morgan fingerprint density at radius 1 is 1.48 bits per heavy atom. The molecule has 0 bridgehead atoms. The van der Waals surface area contributed by atoms with E-state index in [1.165, 1.54) is 4.68 Å². The fourth-order valence-corrected chi connectivity index (χ4v) is 1.89. The Hall–Kier alpha value is -2.28. The SMILES string of the molecule is CCOC(=O)c1nnn(C(C)C(C)O)c1-c1cccnc1. The van der Waals surface area contributed by atoms with E-state index in [9.17, 15) is 9.90 Å². The highest BCUT2D eigenvalue weighted by Crippen LogP contribution is 2.26. The summed E-state index contributed by atoms with van der Waals surface area (Å²) in [5, 5.41) is 17.7. The monoisotopic (exact) mass is 290 g/mol. The zero-order chi connectivity index (χ0) is 15.4. The van der Waals surface area contributed by atoms with Gasteiger partial charge in [-0.3, -0.25) is 4.98 Å². The summed E-state index contributed by atoms with van der Waals surface area (Å²) >= 11 is 0. The molecule has 0 aliphatic carbocycles. The minimum absolute atomic E-state index is 0.123. The normalized spacial score (nSPS) is 13.7. The molecule has 0 fully saturated rings. The number of pyridine rings is 1. The smallest absolute Gasteiger partial charge is 0.361 e. The second-order valence-corrected chi connectivity index (χ2v) is 4.67. The van der Waals surface area contributed by atoms with Crippen LogP contribution in [0.2, 0.25) is 0 Å². The van der Waals surface area contributed by atoms with Crippen molar-refractivity contribution in [2.75, 3.05) is 6.61 Å². The van der Waals surface area contributed by atoms with Crippen LogP contribution in [-0.2, 0) is 4.74 Å². The number of esters is 1. The summed E-state index contributed by atoms with van der Waals surface area (Å²) in [4.78, 5) is 16.1. The summed E-state index contributed by atoms with van der Waals surface area (Å²) in [7, 11) is 0. The van der Waals surface area contributed by atoms with Crippen molar-refractivity contribution in [1.29, 1.82) is 0 Å². The summed E-state index contributed by atoms with van der Waals surface area (Å²) in [6, 6.07) is 3.23. The van der Waals surface area contributed by atoms with Gasteiger partial charge in [0.25, 0.3) is 0 Å². The molecule has 0 saturated carbocycles. The molecule has 21 heavy (non-hydrogen) atoms. The van der Waals surface area contributed by atoms with Crippen molar-refractivity contribution < 1.29 is 14.6 Å². The lowest BCUT2D eigenvalue weighted by Gasteiger charge is -2.17. The summed E-state index contributed by atoms with van der Waals surface area (Å²) in [6.45, 7) is 5.44. The molecule has 0 aliphatic rings. The van der Waals surface area contributed by atoms with Crippen LogP contribution < -0.4 is 0 Å². The van der Waals surface area contributed by atoms with Crippen LogP contribution in [0, 0.1) is 0 Å². The van der Waals surface area contributed by atoms with Gasteiger partial charge in [0.15, 0.2) is 5.69 Å². The van der Waals surface area contributed by atoms with E-state index in [1.54, 1.807) is 45.3 Å². The highest BCUT2D eigenvalue weighted by molar-refractivity contribution is 5.94. The number of hydrogen-bond donors (Lipinski definition) is 1. The van der Waals surface area contributed by atoms with Crippen LogP contribution in [0.1, 0.15) is 37.3 Å². The molecule has 2 aromatic heterocycles. The second-order valence-electron chi connectivity index (χ2n) is 4.67. The lowest BCUT2D eigenvalue weighted by Crippen LogP contribution is -2.20. The predicted molar refractivity (Wildman–Crippen MR) is 75.6 cm³/mol. The third kappa shape index (κ3) is 3.08. The Bertz CT molecular complexity index is 610. The van der Waals surface area contributed by atoms with Crippen molar-refractivity contribution >= 4 is 5.97 Å². The average molecular weight is 290 g/mol. The molecule has 2 rings (SSSR count). The largest absolute Gasteiger partial charge is 0.461 e. The molecule has 2 atom stereocenters. The summed E-state index contributed by atoms with van der Waals surface area (Å²) in [5.41, 5.74) is 1.31. The van der Waals surface area contributed by atoms with E-state index in [-0.39, 0.29) is 18.3 Å². The van der Waals surface area contributed by atoms with Crippen LogP contribution >= 0.6 is 0 Å². The molecule has 0 saturated heterocycles. The van der Waals surface area contributed by atoms with Gasteiger partial charge in [-0.2, -0.15) is 0 Å². The summed E-state index contributed by atoms with van der Waals surface area (Å²) in [5.74, 6) is -0.541. The van der Waals surface area contributed by atoms with Crippen LogP contribution in [-0.4, -0.2) is 43.8 Å². The first kappa shape index (κ1) is 15.1. The standard InChI is InChI=1S/C14H18N4O3/c1-4-21-14(20)12-13(11-6-5-7-15-8-11)18(17-16-12)9(2)10(3)19/h5-10,19H,4H2,1-3H3. The van der Waals surface area contributed by atoms with Gasteiger partial charge < -0.3 is 9.84 Å². The maximum atomic E-state index is 12.0. The van der Waals surface area contributed by atoms with Crippen LogP contribution in [0.3, 0.4) is 0 Å². The topological polar surface area (TPSA) is 90.1 Å². The van der Waals surface area contributed by atoms with E-state index < -0.39 is 12.1 Å². The molecule has 2 heterocycles. The maximum Gasteiger partial charge on any atom is 0.361 e. The van der Waals surface area contributed by atoms with Crippen LogP contribution in [0.4, 0.5) is 0 Å². The van der Waals surface area contributed by atoms with E-state index in [1.807, 2.05) is 0 Å². The van der Waals surface area contributed by atoms with Gasteiger partial charge in [0.05, 0.1) is 18.8 Å². The van der Waals surface area contributed by atoms with Crippen LogP contribution in [0.25, 0.3) is 11.3 Å². The Morgan fingerprint density at radius 3 is 2.81 bits per heavy atom. The van der Waals surface area contributed by atoms with Gasteiger partial charge in [-0.05, 0) is 32.9 Å². The van der Waals surface area contributed by atoms with Gasteiger partial charge in [0.2, 0.25) is 0 Å². The Morgan fingerprint density at radius 2 is 2.24 bits per heavy atom. The van der Waals surface area contributed by atoms with Crippen LogP contribution in [0.15, 0.2) is 24.5 Å². The van der Waals surface area contributed by atoms with E-state index in [4.69, 9.17) is 4.74 Å². The molecule has 2 aromatic rings. The lowest BCUT2D eigenvalue weighted by molar-refractivity contribution is 0.0520. The number of nitrogens with zero attached hydrogens (tertiary/aromatic N) is 4. The number of carbonyl (C=O) groups is 1. The van der Waals surface area contributed by atoms with Crippen LogP contribution in [0.5, 0.6) is 0 Å². The predicted octanol–water partition coefficient (Wildman–Crippen LogP) is 1.46. The first-order valence-corrected chi connectivity index (χ1v) is 6.77. The molecular weight excluding hydrogens is 272 g/mol. The number of aliphatic hydroxyl groups is 1. The van der Waals surface area contributed by atoms with E-state index in [0.29, 0.717) is 11.3 Å². The molecule has 0 spiro atoms. The van der Waals surface area contributed by atoms with E-state index >= 15 is 0 Å². The lowest BCUT2D eigenvalue weighted by atomic mass is 10.1. The van der Waals surface area contributed by atoms with Crippen molar-refractivity contribution in [3.8, 4) is 11.3 Å². The van der Waals surface area contributed by atoms with Crippen molar-refractivity contribution in [3.63, 3.8) is 0 Å². The van der Waals surface area contributed by atoms with E-state index in [2.05, 4.69) is 15.3 Å². The van der Waals surface area contributed by atoms with Gasteiger partial charge in [-0.15, -0.1) is 5.10 Å². The minimum Gasteiger partial charge on any atom is -0.461 e. The highest BCUT2D eigenvalue weighted by Gasteiger charge is 2.26. The molecular formula is C14H18N4O3. The average Bonchev–Trinajstić information content (AvgIpc) is 2.92. The third-order valence-corrected chi connectivity index (χ3v) is 3.18. The number of rotatable bonds is 5. The molecule has 112 valence electrons. The van der Waals surface area contributed by atoms with Crippen molar-refractivity contribution in [2.24, 2.45) is 0 Å². The molecule has 2 unspecified atom stereocenters. The van der Waals surface area contributed by atoms with Crippen molar-refractivity contribution in [3.05, 3.63) is 30.2 Å². The molecule has 0 aliphatic heterocycles. The molecule has 1 N–H and O–H groups in total. The van der Waals surface area contributed by atoms with Gasteiger partial charge in [-0.1, -0.05) is 5.21 Å². The number of hydrogen-bond acceptors (Lipinski definition) is 6. The van der Waals surface area contributed by atoms with Gasteiger partial charge in [-0.25, -0.2) is 9.48 Å². The Kier molecular flexibility index (Phi) is 4.64. The zero-order valence-electron chi connectivity index (χ0n) is 12.2. The summed E-state index contributed by atoms with van der Waals surface area (Å²) in [6.07, 6.45) is 2.61. The Balaban J connectivity index is 2.56. The zero-order valence-corrected chi connectivity index (χ0v) is 12.2. The number of ether oxygens (including phenoxy) is 1. The number of carbonyl (C=O) groups excluding carboxylic acids is 1. The fourth-order valence-electron chi connectivity index (χ4n) is 1.89.